The molecule has 0 amide bonds. The maximum absolute atomic E-state index is 13.2. The fourth-order valence-corrected chi connectivity index (χ4v) is 1.84. The second kappa shape index (κ2) is 8.44. The van der Waals surface area contributed by atoms with E-state index in [1.807, 2.05) is 14.1 Å². The standard InChI is InChI=1S/C9H6F14O3S.C2H7N/c1-2-3(10,11)4(12,13)5(14,15)6(16,17)7(18,19)8(20,21)9(22,23)27(24,25)26;1-3-2/h2H2,1H3,(H,24,25,26);3H,1-2H3. The lowest BCUT2D eigenvalue weighted by Gasteiger charge is -2.42. The molecule has 0 rings (SSSR count). The van der Waals surface area contributed by atoms with Crippen molar-refractivity contribution >= 4 is 10.1 Å². The Morgan fingerprint density at radius 3 is 1.10 bits per heavy atom. The number of rotatable bonds is 8. The van der Waals surface area contributed by atoms with Gasteiger partial charge in [0.1, 0.15) is 0 Å². The van der Waals surface area contributed by atoms with Crippen LogP contribution >= 0.6 is 0 Å². The summed E-state index contributed by atoms with van der Waals surface area (Å²) in [5, 5.41) is -4.86. The molecule has 0 saturated heterocycles. The molecule has 4 nitrogen and oxygen atoms in total. The third kappa shape index (κ3) is 4.28. The number of halogens is 14. The molecular formula is C11H13F14NO3S. The summed E-state index contributed by atoms with van der Waals surface area (Å²) >= 11 is 0. The van der Waals surface area contributed by atoms with Crippen molar-refractivity contribution in [1.29, 1.82) is 0 Å². The zero-order valence-corrected chi connectivity index (χ0v) is 15.5. The lowest BCUT2D eigenvalue weighted by atomic mass is 9.90. The second-order valence-electron chi connectivity index (χ2n) is 5.42. The van der Waals surface area contributed by atoms with Gasteiger partial charge in [-0.15, -0.1) is 0 Å². The topological polar surface area (TPSA) is 66.4 Å². The third-order valence-corrected chi connectivity index (χ3v) is 4.07. The summed E-state index contributed by atoms with van der Waals surface area (Å²) in [6, 6.07) is 0. The van der Waals surface area contributed by atoms with Gasteiger partial charge in [0.25, 0.3) is 0 Å². The summed E-state index contributed by atoms with van der Waals surface area (Å²) in [4.78, 5) is 0. The first-order valence-electron chi connectivity index (χ1n) is 6.93. The minimum absolute atomic E-state index is 0.0264. The Kier molecular flexibility index (Phi) is 8.74. The molecule has 0 aliphatic rings. The first-order valence-corrected chi connectivity index (χ1v) is 8.37. The second-order valence-corrected chi connectivity index (χ2v) is 6.88. The van der Waals surface area contributed by atoms with Crippen LogP contribution < -0.4 is 5.32 Å². The average molecular weight is 505 g/mol. The van der Waals surface area contributed by atoms with Gasteiger partial charge in [-0.2, -0.15) is 69.9 Å². The number of nitrogens with one attached hydrogen (secondary N) is 1. The van der Waals surface area contributed by atoms with E-state index < -0.39 is 57.3 Å². The van der Waals surface area contributed by atoms with Crippen LogP contribution in [0.4, 0.5) is 61.5 Å². The molecule has 0 bridgehead atoms. The molecular weight excluding hydrogens is 492 g/mol. The maximum atomic E-state index is 13.2. The lowest BCUT2D eigenvalue weighted by Crippen LogP contribution is -2.73. The quantitative estimate of drug-likeness (QED) is 0.376. The van der Waals surface area contributed by atoms with E-state index in [-0.39, 0.29) is 6.92 Å². The van der Waals surface area contributed by atoms with Gasteiger partial charge in [-0.25, -0.2) is 0 Å². The summed E-state index contributed by atoms with van der Waals surface area (Å²) in [7, 11) is -3.94. The van der Waals surface area contributed by atoms with Gasteiger partial charge in [-0.05, 0) is 14.1 Å². The predicted molar refractivity (Wildman–Crippen MR) is 71.5 cm³/mol. The predicted octanol–water partition coefficient (Wildman–Crippen LogP) is 4.52. The molecule has 0 unspecified atom stereocenters. The molecule has 0 aromatic heterocycles. The summed E-state index contributed by atoms with van der Waals surface area (Å²) in [5.41, 5.74) is 0. The number of hydrogen-bond acceptors (Lipinski definition) is 3. The first kappa shape index (κ1) is 31.1. The Hall–Kier alpha value is -1.11. The molecule has 0 fully saturated rings. The third-order valence-electron chi connectivity index (χ3n) is 3.17. The highest BCUT2D eigenvalue weighted by molar-refractivity contribution is 7.87. The van der Waals surface area contributed by atoms with E-state index in [2.05, 4.69) is 5.32 Å². The summed E-state index contributed by atoms with van der Waals surface area (Å²) in [5.74, 6) is -46.7. The van der Waals surface area contributed by atoms with Gasteiger partial charge in [0.2, 0.25) is 0 Å². The lowest BCUT2D eigenvalue weighted by molar-refractivity contribution is -0.435. The van der Waals surface area contributed by atoms with Gasteiger partial charge in [-0.1, -0.05) is 6.92 Å². The molecule has 0 aromatic rings. The van der Waals surface area contributed by atoms with Crippen LogP contribution in [-0.4, -0.2) is 67.9 Å². The molecule has 0 atom stereocenters. The van der Waals surface area contributed by atoms with Crippen LogP contribution in [-0.2, 0) is 10.1 Å². The van der Waals surface area contributed by atoms with Crippen molar-refractivity contribution in [3.63, 3.8) is 0 Å². The van der Waals surface area contributed by atoms with Crippen LogP contribution in [0.2, 0.25) is 0 Å². The monoisotopic (exact) mass is 505 g/mol. The molecule has 30 heavy (non-hydrogen) atoms. The van der Waals surface area contributed by atoms with Gasteiger partial charge < -0.3 is 5.32 Å². The van der Waals surface area contributed by atoms with Crippen molar-refractivity contribution in [3.8, 4) is 0 Å². The summed E-state index contributed by atoms with van der Waals surface area (Å²) in [6.45, 7) is -0.0264. The van der Waals surface area contributed by atoms with Gasteiger partial charge in [-0.3, -0.25) is 4.55 Å². The molecule has 184 valence electrons. The van der Waals surface area contributed by atoms with Crippen molar-refractivity contribution < 1.29 is 74.4 Å². The molecule has 0 spiro atoms. The van der Waals surface area contributed by atoms with Crippen LogP contribution in [0.1, 0.15) is 13.3 Å². The maximum Gasteiger partial charge on any atom is 0.438 e. The van der Waals surface area contributed by atoms with Crippen LogP contribution in [0, 0.1) is 0 Å². The first-order chi connectivity index (χ1) is 12.7. The average Bonchev–Trinajstić information content (AvgIpc) is 2.53. The Labute approximate surface area is 159 Å². The summed E-state index contributed by atoms with van der Waals surface area (Å²) in [6.07, 6.45) is -2.41. The van der Waals surface area contributed by atoms with Crippen LogP contribution in [0.25, 0.3) is 0 Å². The fraction of sp³-hybridized carbons (Fsp3) is 1.00. The molecule has 2 N–H and O–H groups in total. The Balaban J connectivity index is 0. The van der Waals surface area contributed by atoms with Crippen molar-refractivity contribution in [2.45, 2.75) is 54.1 Å². The van der Waals surface area contributed by atoms with Crippen molar-refractivity contribution in [1.82, 2.24) is 5.32 Å². The van der Waals surface area contributed by atoms with Crippen LogP contribution in [0.5, 0.6) is 0 Å². The van der Waals surface area contributed by atoms with Crippen molar-refractivity contribution in [3.05, 3.63) is 0 Å². The summed E-state index contributed by atoms with van der Waals surface area (Å²) < 4.78 is 210. The van der Waals surface area contributed by atoms with E-state index in [0.717, 1.165) is 0 Å². The van der Waals surface area contributed by atoms with Gasteiger partial charge in [0.05, 0.1) is 0 Å². The molecule has 0 aliphatic carbocycles. The molecule has 19 heteroatoms. The smallest absolute Gasteiger partial charge is 0.323 e. The molecule has 0 heterocycles. The van der Waals surface area contributed by atoms with E-state index >= 15 is 0 Å². The highest BCUT2D eigenvalue weighted by Crippen LogP contribution is 2.62. The largest absolute Gasteiger partial charge is 0.438 e. The van der Waals surface area contributed by atoms with Crippen molar-refractivity contribution in [2.75, 3.05) is 14.1 Å². The minimum atomic E-state index is -8.38. The Morgan fingerprint density at radius 2 is 0.867 bits per heavy atom. The number of alkyl halides is 14. The molecule has 0 aromatic carbocycles. The number of hydrogen-bond donors (Lipinski definition) is 2. The molecule has 0 radical (unpaired) electrons. The van der Waals surface area contributed by atoms with E-state index in [9.17, 15) is 69.9 Å². The van der Waals surface area contributed by atoms with E-state index in [0.29, 0.717) is 0 Å². The van der Waals surface area contributed by atoms with Crippen LogP contribution in [0.15, 0.2) is 0 Å². The van der Waals surface area contributed by atoms with Crippen molar-refractivity contribution in [2.24, 2.45) is 0 Å². The Bertz CT molecular complexity index is 691. The minimum Gasteiger partial charge on any atom is -0.323 e. The zero-order chi connectivity index (χ0) is 25.4. The van der Waals surface area contributed by atoms with Gasteiger partial charge in [0.15, 0.2) is 0 Å². The van der Waals surface area contributed by atoms with E-state index in [1.165, 1.54) is 0 Å². The molecule has 0 aliphatic heterocycles. The normalized spacial score (nSPS) is 15.5. The molecule has 0 saturated carbocycles. The SMILES string of the molecule is CCC(F)(F)C(F)(F)C(F)(F)C(F)(F)C(F)(F)C(F)(F)C(F)(F)S(=O)(=O)O.CNC. The highest BCUT2D eigenvalue weighted by atomic mass is 32.2. The van der Waals surface area contributed by atoms with E-state index in [4.69, 9.17) is 4.55 Å². The fourth-order valence-electron chi connectivity index (χ4n) is 1.39. The van der Waals surface area contributed by atoms with E-state index in [1.54, 1.807) is 0 Å². The van der Waals surface area contributed by atoms with Gasteiger partial charge in [0, 0.05) is 6.42 Å². The zero-order valence-electron chi connectivity index (χ0n) is 14.7. The van der Waals surface area contributed by atoms with Crippen LogP contribution in [0.3, 0.4) is 0 Å². The van der Waals surface area contributed by atoms with Gasteiger partial charge >= 0.3 is 50.9 Å². The Morgan fingerprint density at radius 1 is 0.633 bits per heavy atom. The highest BCUT2D eigenvalue weighted by Gasteiger charge is 2.94.